The summed E-state index contributed by atoms with van der Waals surface area (Å²) >= 11 is 0. The van der Waals surface area contributed by atoms with E-state index in [1.54, 1.807) is 37.4 Å². The molecular weight excluding hydrogens is 335 g/mol. The van der Waals surface area contributed by atoms with Gasteiger partial charge < -0.3 is 14.8 Å². The Morgan fingerprint density at radius 2 is 1.80 bits per heavy atom. The molecule has 0 saturated carbocycles. The zero-order valence-electron chi connectivity index (χ0n) is 13.6. The molecular formula is C18H18F3NO3. The fraction of sp³-hybridized carbons (Fsp3) is 0.278. The molecule has 2 aromatic rings. The first-order chi connectivity index (χ1) is 11.9. The summed E-state index contributed by atoms with van der Waals surface area (Å²) in [5, 5.41) is 2.73. The number of carbonyl (C=O) groups is 1. The van der Waals surface area contributed by atoms with Gasteiger partial charge in [0.1, 0.15) is 5.75 Å². The maximum atomic E-state index is 12.2. The molecule has 2 aromatic carbocycles. The summed E-state index contributed by atoms with van der Waals surface area (Å²) in [6.07, 6.45) is -4.39. The van der Waals surface area contributed by atoms with E-state index in [1.807, 2.05) is 6.07 Å². The van der Waals surface area contributed by atoms with Gasteiger partial charge in [-0.25, -0.2) is 0 Å². The predicted molar refractivity (Wildman–Crippen MR) is 86.3 cm³/mol. The largest absolute Gasteiger partial charge is 0.484 e. The first-order valence-electron chi connectivity index (χ1n) is 7.52. The molecule has 0 heterocycles. The maximum absolute atomic E-state index is 12.2. The topological polar surface area (TPSA) is 47.6 Å². The molecule has 134 valence electrons. The van der Waals surface area contributed by atoms with E-state index in [-0.39, 0.29) is 18.2 Å². The van der Waals surface area contributed by atoms with E-state index in [4.69, 9.17) is 9.47 Å². The van der Waals surface area contributed by atoms with Crippen LogP contribution in [0.4, 0.5) is 13.2 Å². The van der Waals surface area contributed by atoms with Crippen LogP contribution in [-0.4, -0.2) is 25.8 Å². The highest BCUT2D eigenvalue weighted by atomic mass is 19.4. The van der Waals surface area contributed by atoms with Crippen LogP contribution in [0.5, 0.6) is 5.75 Å². The third-order valence-electron chi connectivity index (χ3n) is 3.25. The Morgan fingerprint density at radius 1 is 1.08 bits per heavy atom. The van der Waals surface area contributed by atoms with Gasteiger partial charge in [-0.15, -0.1) is 0 Å². The molecule has 2 rings (SSSR count). The van der Waals surface area contributed by atoms with Crippen molar-refractivity contribution in [3.8, 4) is 5.75 Å². The highest BCUT2D eigenvalue weighted by Crippen LogP contribution is 2.19. The standard InChI is InChI=1S/C18H18F3NO3/c1-24-11-14-5-2-6-15(8-14)17(23)22-10-13-4-3-7-16(9-13)25-12-18(19,20)21/h2-9H,10-12H2,1H3,(H,22,23). The second-order valence-electron chi connectivity index (χ2n) is 5.37. The summed E-state index contributed by atoms with van der Waals surface area (Å²) in [5.74, 6) is -0.175. The Morgan fingerprint density at radius 3 is 2.52 bits per heavy atom. The average Bonchev–Trinajstić information content (AvgIpc) is 2.58. The van der Waals surface area contributed by atoms with Gasteiger partial charge in [-0.05, 0) is 35.4 Å². The van der Waals surface area contributed by atoms with E-state index in [2.05, 4.69) is 5.32 Å². The smallest absolute Gasteiger partial charge is 0.422 e. The van der Waals surface area contributed by atoms with Crippen molar-refractivity contribution < 1.29 is 27.4 Å². The normalized spacial score (nSPS) is 11.2. The lowest BCUT2D eigenvalue weighted by Gasteiger charge is -2.11. The van der Waals surface area contributed by atoms with Crippen molar-refractivity contribution in [1.29, 1.82) is 0 Å². The first-order valence-corrected chi connectivity index (χ1v) is 7.52. The monoisotopic (exact) mass is 353 g/mol. The van der Waals surface area contributed by atoms with Gasteiger partial charge in [0.05, 0.1) is 6.61 Å². The zero-order valence-corrected chi connectivity index (χ0v) is 13.6. The summed E-state index contributed by atoms with van der Waals surface area (Å²) in [6.45, 7) is -0.772. The van der Waals surface area contributed by atoms with Gasteiger partial charge in [-0.2, -0.15) is 13.2 Å². The fourth-order valence-corrected chi connectivity index (χ4v) is 2.16. The molecule has 0 aliphatic carbocycles. The van der Waals surface area contributed by atoms with Crippen molar-refractivity contribution in [2.45, 2.75) is 19.3 Å². The molecule has 7 heteroatoms. The molecule has 4 nitrogen and oxygen atoms in total. The second kappa shape index (κ2) is 8.53. The number of hydrogen-bond donors (Lipinski definition) is 1. The van der Waals surface area contributed by atoms with Crippen molar-refractivity contribution in [1.82, 2.24) is 5.32 Å². The molecule has 0 spiro atoms. The van der Waals surface area contributed by atoms with Crippen LogP contribution < -0.4 is 10.1 Å². The van der Waals surface area contributed by atoms with Crippen molar-refractivity contribution in [2.75, 3.05) is 13.7 Å². The number of rotatable bonds is 7. The average molecular weight is 353 g/mol. The number of halogens is 3. The number of alkyl halides is 3. The van der Waals surface area contributed by atoms with Crippen LogP contribution in [0.1, 0.15) is 21.5 Å². The highest BCUT2D eigenvalue weighted by molar-refractivity contribution is 5.94. The van der Waals surface area contributed by atoms with Crippen LogP contribution in [-0.2, 0) is 17.9 Å². The van der Waals surface area contributed by atoms with E-state index in [0.717, 1.165) is 5.56 Å². The summed E-state index contributed by atoms with van der Waals surface area (Å²) in [5.41, 5.74) is 2.00. The van der Waals surface area contributed by atoms with Crippen molar-refractivity contribution in [2.24, 2.45) is 0 Å². The predicted octanol–water partition coefficient (Wildman–Crippen LogP) is 3.70. The zero-order chi connectivity index (χ0) is 18.3. The molecule has 25 heavy (non-hydrogen) atoms. The van der Waals surface area contributed by atoms with Gasteiger partial charge in [-0.1, -0.05) is 24.3 Å². The lowest BCUT2D eigenvalue weighted by molar-refractivity contribution is -0.153. The van der Waals surface area contributed by atoms with E-state index < -0.39 is 12.8 Å². The van der Waals surface area contributed by atoms with Crippen LogP contribution in [0.2, 0.25) is 0 Å². The molecule has 1 N–H and O–H groups in total. The molecule has 0 saturated heterocycles. The Hall–Kier alpha value is -2.54. The van der Waals surface area contributed by atoms with Crippen LogP contribution in [0.3, 0.4) is 0 Å². The molecule has 0 aromatic heterocycles. The summed E-state index contributed by atoms with van der Waals surface area (Å²) < 4.78 is 46.3. The van der Waals surface area contributed by atoms with Gasteiger partial charge in [0.15, 0.2) is 6.61 Å². The van der Waals surface area contributed by atoms with Crippen LogP contribution in [0, 0.1) is 0 Å². The lowest BCUT2D eigenvalue weighted by atomic mass is 10.1. The summed E-state index contributed by atoms with van der Waals surface area (Å²) in [7, 11) is 1.57. The van der Waals surface area contributed by atoms with E-state index in [1.165, 1.54) is 12.1 Å². The van der Waals surface area contributed by atoms with Crippen LogP contribution in [0.15, 0.2) is 48.5 Å². The van der Waals surface area contributed by atoms with Gasteiger partial charge in [0.2, 0.25) is 0 Å². The first kappa shape index (κ1) is 18.8. The minimum Gasteiger partial charge on any atom is -0.484 e. The van der Waals surface area contributed by atoms with Crippen molar-refractivity contribution >= 4 is 5.91 Å². The Balaban J connectivity index is 1.94. The number of ether oxygens (including phenoxy) is 2. The van der Waals surface area contributed by atoms with E-state index >= 15 is 0 Å². The Kier molecular flexibility index (Phi) is 6.41. The van der Waals surface area contributed by atoms with Gasteiger partial charge in [-0.3, -0.25) is 4.79 Å². The Bertz CT molecular complexity index is 717. The maximum Gasteiger partial charge on any atom is 0.422 e. The lowest BCUT2D eigenvalue weighted by Crippen LogP contribution is -2.23. The molecule has 0 radical (unpaired) electrons. The van der Waals surface area contributed by atoms with Crippen molar-refractivity contribution in [3.05, 3.63) is 65.2 Å². The highest BCUT2D eigenvalue weighted by Gasteiger charge is 2.28. The fourth-order valence-electron chi connectivity index (χ4n) is 2.16. The third kappa shape index (κ3) is 6.46. The molecule has 0 aliphatic heterocycles. The SMILES string of the molecule is COCc1cccc(C(=O)NCc2cccc(OCC(F)(F)F)c2)c1. The molecule has 0 fully saturated rings. The van der Waals surface area contributed by atoms with Crippen LogP contribution >= 0.6 is 0 Å². The molecule has 0 atom stereocenters. The van der Waals surface area contributed by atoms with Gasteiger partial charge in [0, 0.05) is 19.2 Å². The number of carbonyl (C=O) groups excluding carboxylic acids is 1. The van der Waals surface area contributed by atoms with E-state index in [0.29, 0.717) is 17.7 Å². The minimum absolute atomic E-state index is 0.103. The van der Waals surface area contributed by atoms with Gasteiger partial charge in [0.25, 0.3) is 5.91 Å². The molecule has 1 amide bonds. The molecule has 0 unspecified atom stereocenters. The second-order valence-corrected chi connectivity index (χ2v) is 5.37. The number of methoxy groups -OCH3 is 1. The third-order valence-corrected chi connectivity index (χ3v) is 3.25. The van der Waals surface area contributed by atoms with Crippen LogP contribution in [0.25, 0.3) is 0 Å². The van der Waals surface area contributed by atoms with Gasteiger partial charge >= 0.3 is 6.18 Å². The number of amides is 1. The number of hydrogen-bond acceptors (Lipinski definition) is 3. The Labute approximate surface area is 143 Å². The quantitative estimate of drug-likeness (QED) is 0.826. The number of benzene rings is 2. The number of nitrogens with one attached hydrogen (secondary N) is 1. The molecule has 0 aliphatic rings. The molecule has 0 bridgehead atoms. The minimum atomic E-state index is -4.39. The van der Waals surface area contributed by atoms with Crippen molar-refractivity contribution in [3.63, 3.8) is 0 Å². The summed E-state index contributed by atoms with van der Waals surface area (Å²) in [6, 6.07) is 13.2. The summed E-state index contributed by atoms with van der Waals surface area (Å²) in [4.78, 5) is 12.2. The van der Waals surface area contributed by atoms with E-state index in [9.17, 15) is 18.0 Å².